The number of ether oxygens (including phenoxy) is 1. The molecule has 2 aromatic rings. The summed E-state index contributed by atoms with van der Waals surface area (Å²) in [6, 6.07) is 17.1. The molecule has 146 valence electrons. The van der Waals surface area contributed by atoms with Gasteiger partial charge in [0.05, 0.1) is 17.8 Å². The Morgan fingerprint density at radius 2 is 1.67 bits per heavy atom. The highest BCUT2D eigenvalue weighted by atomic mass is 32.2. The van der Waals surface area contributed by atoms with Crippen molar-refractivity contribution in [2.24, 2.45) is 5.92 Å². The first-order valence-electron chi connectivity index (χ1n) is 9.70. The van der Waals surface area contributed by atoms with E-state index < -0.39 is 9.84 Å². The molecule has 0 radical (unpaired) electrons. The quantitative estimate of drug-likeness (QED) is 0.691. The maximum atomic E-state index is 12.3. The number of nitrogens with zero attached hydrogens (tertiary/aromatic N) is 1. The number of benzene rings is 2. The normalized spacial score (nSPS) is 16.3. The van der Waals surface area contributed by atoms with Gasteiger partial charge in [-0.1, -0.05) is 30.3 Å². The summed E-state index contributed by atoms with van der Waals surface area (Å²) in [6.07, 6.45) is 4.16. The molecule has 1 heterocycles. The van der Waals surface area contributed by atoms with Crippen molar-refractivity contribution in [1.82, 2.24) is 4.90 Å². The minimum Gasteiger partial charge on any atom is -0.497 e. The van der Waals surface area contributed by atoms with E-state index in [-0.39, 0.29) is 5.75 Å². The topological polar surface area (TPSA) is 46.6 Å². The Labute approximate surface area is 163 Å². The Kier molecular flexibility index (Phi) is 6.91. The van der Waals surface area contributed by atoms with E-state index in [0.717, 1.165) is 31.8 Å². The van der Waals surface area contributed by atoms with Gasteiger partial charge in [0.2, 0.25) is 0 Å². The molecule has 27 heavy (non-hydrogen) atoms. The summed E-state index contributed by atoms with van der Waals surface area (Å²) in [6.45, 7) is 2.99. The van der Waals surface area contributed by atoms with Crippen molar-refractivity contribution in [1.29, 1.82) is 0 Å². The molecular weight excluding hydrogens is 358 g/mol. The van der Waals surface area contributed by atoms with Gasteiger partial charge in [0.25, 0.3) is 0 Å². The van der Waals surface area contributed by atoms with E-state index in [0.29, 0.717) is 17.2 Å². The molecule has 3 rings (SSSR count). The number of rotatable bonds is 8. The Bertz CT molecular complexity index is 795. The van der Waals surface area contributed by atoms with E-state index in [1.165, 1.54) is 18.4 Å². The van der Waals surface area contributed by atoms with Crippen molar-refractivity contribution in [2.45, 2.75) is 30.6 Å². The largest absolute Gasteiger partial charge is 0.497 e. The van der Waals surface area contributed by atoms with Crippen LogP contribution in [0.15, 0.2) is 59.5 Å². The number of likely N-dealkylation sites (tertiary alicyclic amines) is 1. The first-order valence-corrected chi connectivity index (χ1v) is 11.3. The Morgan fingerprint density at radius 3 is 2.30 bits per heavy atom. The molecule has 4 nitrogen and oxygen atoms in total. The van der Waals surface area contributed by atoms with E-state index in [4.69, 9.17) is 4.74 Å². The number of methoxy groups -OCH3 is 1. The van der Waals surface area contributed by atoms with E-state index in [2.05, 4.69) is 17.0 Å². The van der Waals surface area contributed by atoms with Gasteiger partial charge in [0.15, 0.2) is 9.84 Å². The average Bonchev–Trinajstić information content (AvgIpc) is 2.70. The van der Waals surface area contributed by atoms with Gasteiger partial charge in [0, 0.05) is 0 Å². The van der Waals surface area contributed by atoms with Gasteiger partial charge in [-0.2, -0.15) is 0 Å². The fourth-order valence-corrected chi connectivity index (χ4v) is 5.05. The van der Waals surface area contributed by atoms with E-state index >= 15 is 0 Å². The molecule has 2 aromatic carbocycles. The highest BCUT2D eigenvalue weighted by molar-refractivity contribution is 7.91. The van der Waals surface area contributed by atoms with Gasteiger partial charge < -0.3 is 9.64 Å². The van der Waals surface area contributed by atoms with Gasteiger partial charge >= 0.3 is 0 Å². The monoisotopic (exact) mass is 387 g/mol. The molecule has 1 fully saturated rings. The van der Waals surface area contributed by atoms with E-state index in [1.54, 1.807) is 31.4 Å². The zero-order valence-electron chi connectivity index (χ0n) is 16.0. The van der Waals surface area contributed by atoms with Gasteiger partial charge in [-0.3, -0.25) is 0 Å². The van der Waals surface area contributed by atoms with Gasteiger partial charge in [-0.15, -0.1) is 0 Å². The fraction of sp³-hybridized carbons (Fsp3) is 0.455. The Hall–Kier alpha value is -1.85. The standard InChI is InChI=1S/C22H29NO3S/c1-26-21-10-8-19(9-11-21)18-20-12-15-23(16-13-20)14-5-17-27(24,25)22-6-3-2-4-7-22/h2-4,6-11,20H,5,12-18H2,1H3. The minimum absolute atomic E-state index is 0.225. The van der Waals surface area contributed by atoms with Crippen LogP contribution in [0.2, 0.25) is 0 Å². The molecule has 0 unspecified atom stereocenters. The lowest BCUT2D eigenvalue weighted by molar-refractivity contribution is 0.184. The second-order valence-electron chi connectivity index (χ2n) is 7.32. The predicted molar refractivity (Wildman–Crippen MR) is 109 cm³/mol. The smallest absolute Gasteiger partial charge is 0.178 e. The second kappa shape index (κ2) is 9.38. The number of hydrogen-bond acceptors (Lipinski definition) is 4. The summed E-state index contributed by atoms with van der Waals surface area (Å²) in [5, 5.41) is 0. The summed E-state index contributed by atoms with van der Waals surface area (Å²) in [5.74, 6) is 1.84. The van der Waals surface area contributed by atoms with Crippen LogP contribution in [0.5, 0.6) is 5.75 Å². The first-order chi connectivity index (χ1) is 13.1. The predicted octanol–water partition coefficient (Wildman–Crippen LogP) is 3.81. The fourth-order valence-electron chi connectivity index (χ4n) is 3.73. The van der Waals surface area contributed by atoms with E-state index in [1.807, 2.05) is 18.2 Å². The van der Waals surface area contributed by atoms with Crippen molar-refractivity contribution in [3.63, 3.8) is 0 Å². The van der Waals surface area contributed by atoms with Crippen LogP contribution in [-0.2, 0) is 16.3 Å². The van der Waals surface area contributed by atoms with Crippen molar-refractivity contribution < 1.29 is 13.2 Å². The highest BCUT2D eigenvalue weighted by Gasteiger charge is 2.20. The lowest BCUT2D eigenvalue weighted by Gasteiger charge is -2.32. The van der Waals surface area contributed by atoms with Crippen LogP contribution in [0.1, 0.15) is 24.8 Å². The van der Waals surface area contributed by atoms with Crippen LogP contribution < -0.4 is 4.74 Å². The molecule has 5 heteroatoms. The van der Waals surface area contributed by atoms with Crippen LogP contribution in [-0.4, -0.2) is 45.8 Å². The number of sulfone groups is 1. The van der Waals surface area contributed by atoms with Gasteiger partial charge in [0.1, 0.15) is 5.75 Å². The van der Waals surface area contributed by atoms with Crippen molar-refractivity contribution in [2.75, 3.05) is 32.5 Å². The SMILES string of the molecule is COc1ccc(CC2CCN(CCCS(=O)(=O)c3ccccc3)CC2)cc1. The van der Waals surface area contributed by atoms with Crippen molar-refractivity contribution in [3.05, 3.63) is 60.2 Å². The Morgan fingerprint density at radius 1 is 1.00 bits per heavy atom. The number of hydrogen-bond donors (Lipinski definition) is 0. The molecule has 0 amide bonds. The molecule has 0 aliphatic carbocycles. The molecular formula is C22H29NO3S. The molecule has 1 saturated heterocycles. The summed E-state index contributed by atoms with van der Waals surface area (Å²) < 4.78 is 29.9. The Balaban J connectivity index is 1.39. The second-order valence-corrected chi connectivity index (χ2v) is 9.43. The molecule has 0 atom stereocenters. The lowest BCUT2D eigenvalue weighted by Crippen LogP contribution is -2.35. The average molecular weight is 388 g/mol. The lowest BCUT2D eigenvalue weighted by atomic mass is 9.90. The molecule has 0 saturated carbocycles. The van der Waals surface area contributed by atoms with Crippen molar-refractivity contribution in [3.8, 4) is 5.75 Å². The molecule has 0 bridgehead atoms. The third-order valence-electron chi connectivity index (χ3n) is 5.38. The maximum Gasteiger partial charge on any atom is 0.178 e. The van der Waals surface area contributed by atoms with Crippen LogP contribution in [0, 0.1) is 5.92 Å². The van der Waals surface area contributed by atoms with Crippen LogP contribution >= 0.6 is 0 Å². The zero-order chi connectivity index (χ0) is 19.1. The maximum absolute atomic E-state index is 12.3. The molecule has 0 spiro atoms. The van der Waals surface area contributed by atoms with Crippen molar-refractivity contribution >= 4 is 9.84 Å². The molecule has 1 aliphatic heterocycles. The van der Waals surface area contributed by atoms with Gasteiger partial charge in [-0.25, -0.2) is 8.42 Å². The van der Waals surface area contributed by atoms with Gasteiger partial charge in [-0.05, 0) is 81.1 Å². The first kappa shape index (κ1) is 19.9. The molecule has 1 aliphatic rings. The van der Waals surface area contributed by atoms with E-state index in [9.17, 15) is 8.42 Å². The minimum atomic E-state index is -3.16. The third-order valence-corrected chi connectivity index (χ3v) is 7.20. The third kappa shape index (κ3) is 5.81. The number of piperidine rings is 1. The summed E-state index contributed by atoms with van der Waals surface area (Å²) in [7, 11) is -1.46. The molecule has 0 aromatic heterocycles. The summed E-state index contributed by atoms with van der Waals surface area (Å²) in [5.41, 5.74) is 1.36. The zero-order valence-corrected chi connectivity index (χ0v) is 16.8. The van der Waals surface area contributed by atoms with Crippen LogP contribution in [0.25, 0.3) is 0 Å². The van der Waals surface area contributed by atoms with Crippen LogP contribution in [0.4, 0.5) is 0 Å². The molecule has 0 N–H and O–H groups in total. The highest BCUT2D eigenvalue weighted by Crippen LogP contribution is 2.23. The summed E-state index contributed by atoms with van der Waals surface area (Å²) >= 11 is 0. The summed E-state index contributed by atoms with van der Waals surface area (Å²) in [4.78, 5) is 2.84. The van der Waals surface area contributed by atoms with Crippen LogP contribution in [0.3, 0.4) is 0 Å².